The highest BCUT2D eigenvalue weighted by Gasteiger charge is 2.12. The molecule has 0 atom stereocenters. The predicted molar refractivity (Wildman–Crippen MR) is 41.2 cm³/mol. The van der Waals surface area contributed by atoms with E-state index in [0.717, 1.165) is 17.7 Å². The molecule has 1 heterocycles. The average Bonchev–Trinajstić information content (AvgIpc) is 2.06. The second-order valence-corrected chi connectivity index (χ2v) is 2.56. The highest BCUT2D eigenvalue weighted by Crippen LogP contribution is 2.26. The van der Waals surface area contributed by atoms with E-state index in [2.05, 4.69) is 6.92 Å². The minimum atomic E-state index is 0.635. The lowest BCUT2D eigenvalue weighted by Crippen LogP contribution is -2.11. The Hall–Kier alpha value is -1.02. The first-order valence-electron chi connectivity index (χ1n) is 3.61. The van der Waals surface area contributed by atoms with Gasteiger partial charge in [-0.15, -0.1) is 0 Å². The summed E-state index contributed by atoms with van der Waals surface area (Å²) in [6.45, 7) is 4.46. The number of rotatable bonds is 0. The van der Waals surface area contributed by atoms with E-state index in [4.69, 9.17) is 9.78 Å². The van der Waals surface area contributed by atoms with E-state index in [-0.39, 0.29) is 0 Å². The van der Waals surface area contributed by atoms with Crippen molar-refractivity contribution < 1.29 is 9.78 Å². The molecule has 0 amide bonds. The highest BCUT2D eigenvalue weighted by atomic mass is 17.2. The van der Waals surface area contributed by atoms with Gasteiger partial charge < -0.3 is 4.89 Å². The third-order valence-corrected chi connectivity index (χ3v) is 1.78. The molecule has 0 N–H and O–H groups in total. The van der Waals surface area contributed by atoms with Gasteiger partial charge in [0.25, 0.3) is 0 Å². The van der Waals surface area contributed by atoms with Crippen LogP contribution in [0.5, 0.6) is 5.75 Å². The Morgan fingerprint density at radius 2 is 2.27 bits per heavy atom. The van der Waals surface area contributed by atoms with Crippen LogP contribution in [0.2, 0.25) is 0 Å². The minimum absolute atomic E-state index is 0.635. The van der Waals surface area contributed by atoms with Gasteiger partial charge in [-0.25, -0.2) is 0 Å². The zero-order valence-electron chi connectivity index (χ0n) is 6.17. The molecule has 0 bridgehead atoms. The fourth-order valence-electron chi connectivity index (χ4n) is 1.19. The smallest absolute Gasteiger partial charge is 0.171 e. The molecule has 11 heavy (non-hydrogen) atoms. The molecular formula is C9H9O2. The van der Waals surface area contributed by atoms with Gasteiger partial charge in [-0.2, -0.15) is 4.89 Å². The van der Waals surface area contributed by atoms with Gasteiger partial charge in [0.15, 0.2) is 5.75 Å². The molecule has 0 aliphatic carbocycles. The van der Waals surface area contributed by atoms with Crippen molar-refractivity contribution in [1.29, 1.82) is 0 Å². The SMILES string of the molecule is [CH2]c1cccc2c1OOCC2. The number of hydrogen-bond acceptors (Lipinski definition) is 2. The lowest BCUT2D eigenvalue weighted by Gasteiger charge is -2.16. The summed E-state index contributed by atoms with van der Waals surface area (Å²) in [5, 5.41) is 0. The molecule has 0 aromatic heterocycles. The van der Waals surface area contributed by atoms with Crippen molar-refractivity contribution in [2.24, 2.45) is 0 Å². The van der Waals surface area contributed by atoms with Crippen LogP contribution in [0.4, 0.5) is 0 Å². The van der Waals surface area contributed by atoms with E-state index >= 15 is 0 Å². The molecule has 2 heteroatoms. The molecule has 1 radical (unpaired) electrons. The zero-order valence-corrected chi connectivity index (χ0v) is 6.17. The first-order chi connectivity index (χ1) is 5.38. The van der Waals surface area contributed by atoms with Gasteiger partial charge in [-0.1, -0.05) is 18.2 Å². The van der Waals surface area contributed by atoms with E-state index in [0.29, 0.717) is 6.61 Å². The van der Waals surface area contributed by atoms with Crippen LogP contribution in [0.1, 0.15) is 11.1 Å². The molecule has 0 spiro atoms. The van der Waals surface area contributed by atoms with E-state index in [1.807, 2.05) is 18.2 Å². The highest BCUT2D eigenvalue weighted by molar-refractivity contribution is 5.43. The lowest BCUT2D eigenvalue weighted by molar-refractivity contribution is -0.215. The van der Waals surface area contributed by atoms with Crippen LogP contribution in [0.3, 0.4) is 0 Å². The summed E-state index contributed by atoms with van der Waals surface area (Å²) in [4.78, 5) is 9.83. The zero-order chi connectivity index (χ0) is 7.68. The minimum Gasteiger partial charge on any atom is -0.337 e. The van der Waals surface area contributed by atoms with Crippen molar-refractivity contribution in [2.75, 3.05) is 6.61 Å². The van der Waals surface area contributed by atoms with Gasteiger partial charge in [-0.05, 0) is 12.5 Å². The van der Waals surface area contributed by atoms with Crippen molar-refractivity contribution in [1.82, 2.24) is 0 Å². The summed E-state index contributed by atoms with van der Waals surface area (Å²) in [5.41, 5.74) is 2.07. The lowest BCUT2D eigenvalue weighted by atomic mass is 10.1. The molecule has 0 saturated heterocycles. The Kier molecular flexibility index (Phi) is 1.55. The number of para-hydroxylation sites is 1. The van der Waals surface area contributed by atoms with Gasteiger partial charge in [-0.3, -0.25) is 0 Å². The summed E-state index contributed by atoms with van der Waals surface area (Å²) in [7, 11) is 0. The van der Waals surface area contributed by atoms with Gasteiger partial charge in [0.2, 0.25) is 0 Å². The fourth-order valence-corrected chi connectivity index (χ4v) is 1.19. The molecule has 1 aliphatic rings. The first-order valence-corrected chi connectivity index (χ1v) is 3.61. The van der Waals surface area contributed by atoms with E-state index < -0.39 is 0 Å². The molecule has 0 unspecified atom stereocenters. The Labute approximate surface area is 65.7 Å². The quantitative estimate of drug-likeness (QED) is 0.523. The van der Waals surface area contributed by atoms with Gasteiger partial charge in [0, 0.05) is 12.0 Å². The van der Waals surface area contributed by atoms with Crippen LogP contribution >= 0.6 is 0 Å². The Morgan fingerprint density at radius 1 is 1.36 bits per heavy atom. The summed E-state index contributed by atoms with van der Waals surface area (Å²) >= 11 is 0. The van der Waals surface area contributed by atoms with Crippen molar-refractivity contribution in [3.8, 4) is 5.75 Å². The monoisotopic (exact) mass is 149 g/mol. The molecular weight excluding hydrogens is 140 g/mol. The number of hydrogen-bond donors (Lipinski definition) is 0. The molecule has 2 nitrogen and oxygen atoms in total. The number of fused-ring (bicyclic) bond motifs is 1. The second kappa shape index (κ2) is 2.55. The Bertz CT molecular complexity index is 268. The van der Waals surface area contributed by atoms with Crippen molar-refractivity contribution >= 4 is 0 Å². The Balaban J connectivity index is 2.49. The summed E-state index contributed by atoms with van der Waals surface area (Å²) in [6.07, 6.45) is 0.915. The molecule has 0 fully saturated rings. The molecule has 1 aromatic carbocycles. The topological polar surface area (TPSA) is 18.5 Å². The van der Waals surface area contributed by atoms with Crippen LogP contribution in [-0.4, -0.2) is 6.61 Å². The Morgan fingerprint density at radius 3 is 3.09 bits per heavy atom. The van der Waals surface area contributed by atoms with Crippen LogP contribution in [0.25, 0.3) is 0 Å². The van der Waals surface area contributed by atoms with Crippen LogP contribution in [-0.2, 0) is 11.3 Å². The van der Waals surface area contributed by atoms with Crippen LogP contribution in [0, 0.1) is 6.92 Å². The number of benzene rings is 1. The molecule has 1 aromatic rings. The maximum Gasteiger partial charge on any atom is 0.171 e. The third-order valence-electron chi connectivity index (χ3n) is 1.78. The molecule has 57 valence electrons. The second-order valence-electron chi connectivity index (χ2n) is 2.56. The predicted octanol–water partition coefficient (Wildman–Crippen LogP) is 1.74. The molecule has 0 saturated carbocycles. The van der Waals surface area contributed by atoms with E-state index in [9.17, 15) is 0 Å². The van der Waals surface area contributed by atoms with Gasteiger partial charge in [0.1, 0.15) is 0 Å². The average molecular weight is 149 g/mol. The van der Waals surface area contributed by atoms with Gasteiger partial charge >= 0.3 is 0 Å². The van der Waals surface area contributed by atoms with E-state index in [1.165, 1.54) is 5.56 Å². The van der Waals surface area contributed by atoms with Crippen molar-refractivity contribution in [3.63, 3.8) is 0 Å². The van der Waals surface area contributed by atoms with Crippen molar-refractivity contribution in [2.45, 2.75) is 6.42 Å². The maximum atomic E-state index is 4.99. The molecule has 1 aliphatic heterocycles. The standard InChI is InChI=1S/C9H9O2/c1-7-3-2-4-8-5-6-10-11-9(7)8/h2-4H,1,5-6H2. The largest absolute Gasteiger partial charge is 0.337 e. The van der Waals surface area contributed by atoms with Crippen LogP contribution < -0.4 is 4.89 Å². The summed E-state index contributed by atoms with van der Waals surface area (Å²) in [5.74, 6) is 0.791. The normalized spacial score (nSPS) is 15.4. The van der Waals surface area contributed by atoms with E-state index in [1.54, 1.807) is 0 Å². The van der Waals surface area contributed by atoms with Crippen molar-refractivity contribution in [3.05, 3.63) is 36.2 Å². The first kappa shape index (κ1) is 6.68. The fraction of sp³-hybridized carbons (Fsp3) is 0.222. The molecule has 2 rings (SSSR count). The third kappa shape index (κ3) is 1.10. The van der Waals surface area contributed by atoms with Crippen LogP contribution in [0.15, 0.2) is 18.2 Å². The maximum absolute atomic E-state index is 4.99. The summed E-state index contributed by atoms with van der Waals surface area (Å²) in [6, 6.07) is 5.93. The summed E-state index contributed by atoms with van der Waals surface area (Å²) < 4.78 is 0. The van der Waals surface area contributed by atoms with Gasteiger partial charge in [0.05, 0.1) is 6.61 Å².